The van der Waals surface area contributed by atoms with Crippen molar-refractivity contribution in [2.24, 2.45) is 23.5 Å². The zero-order chi connectivity index (χ0) is 17.2. The van der Waals surface area contributed by atoms with Gasteiger partial charge in [-0.2, -0.15) is 0 Å². The number of nitrogens with zero attached hydrogens (tertiary/aromatic N) is 3. The number of anilines is 1. The number of hydrogen-bond donors (Lipinski definition) is 2. The molecule has 1 aliphatic heterocycles. The van der Waals surface area contributed by atoms with Crippen LogP contribution in [0.1, 0.15) is 44.9 Å². The summed E-state index contributed by atoms with van der Waals surface area (Å²) in [7, 11) is 0. The molecule has 2 heterocycles. The summed E-state index contributed by atoms with van der Waals surface area (Å²) in [6, 6.07) is 0.692. The summed E-state index contributed by atoms with van der Waals surface area (Å²) in [5.41, 5.74) is 6.20. The molecule has 0 radical (unpaired) electrons. The van der Waals surface area contributed by atoms with Gasteiger partial charge in [0.1, 0.15) is 5.82 Å². The highest BCUT2D eigenvalue weighted by Gasteiger charge is 2.40. The average molecular weight is 343 g/mol. The van der Waals surface area contributed by atoms with Gasteiger partial charge in [0, 0.05) is 43.5 Å². The van der Waals surface area contributed by atoms with Crippen molar-refractivity contribution in [1.82, 2.24) is 15.3 Å². The Bertz CT molecular complexity index is 573. The topological polar surface area (TPSA) is 84.1 Å². The summed E-state index contributed by atoms with van der Waals surface area (Å²) >= 11 is 0. The predicted octanol–water partition coefficient (Wildman–Crippen LogP) is 1.72. The lowest BCUT2D eigenvalue weighted by molar-refractivity contribution is -0.128. The summed E-state index contributed by atoms with van der Waals surface area (Å²) in [6.45, 7) is 1.75. The number of piperidine rings is 1. The molecule has 3 fully saturated rings. The molecule has 2 saturated carbocycles. The van der Waals surface area contributed by atoms with Gasteiger partial charge in [0.15, 0.2) is 0 Å². The second-order valence-corrected chi connectivity index (χ2v) is 8.04. The monoisotopic (exact) mass is 343 g/mol. The van der Waals surface area contributed by atoms with E-state index in [-0.39, 0.29) is 11.8 Å². The van der Waals surface area contributed by atoms with E-state index in [0.717, 1.165) is 44.6 Å². The largest absolute Gasteiger partial charge is 0.355 e. The van der Waals surface area contributed by atoms with Crippen LogP contribution in [0.4, 0.5) is 5.82 Å². The van der Waals surface area contributed by atoms with Crippen LogP contribution in [0.5, 0.6) is 0 Å². The normalized spacial score (nSPS) is 33.1. The number of fused-ring (bicyclic) bond motifs is 2. The molecular formula is C19H29N5O. The van der Waals surface area contributed by atoms with Crippen LogP contribution in [-0.2, 0) is 4.79 Å². The predicted molar refractivity (Wildman–Crippen MR) is 96.9 cm³/mol. The SMILES string of the molecule is NC1CC2CCCC(C1)C2NC(=O)C1CCN(c2cnccn2)CC1. The Morgan fingerprint density at radius 3 is 2.48 bits per heavy atom. The zero-order valence-corrected chi connectivity index (χ0v) is 14.8. The Kier molecular flexibility index (Phi) is 4.88. The highest BCUT2D eigenvalue weighted by molar-refractivity contribution is 5.79. The van der Waals surface area contributed by atoms with E-state index in [1.807, 2.05) is 0 Å². The van der Waals surface area contributed by atoms with Crippen LogP contribution < -0.4 is 16.0 Å². The van der Waals surface area contributed by atoms with Crippen molar-refractivity contribution in [1.29, 1.82) is 0 Å². The molecule has 136 valence electrons. The second kappa shape index (κ2) is 7.28. The van der Waals surface area contributed by atoms with Gasteiger partial charge in [0.05, 0.1) is 6.20 Å². The number of aromatic nitrogens is 2. The third kappa shape index (κ3) is 3.64. The van der Waals surface area contributed by atoms with E-state index in [4.69, 9.17) is 5.73 Å². The van der Waals surface area contributed by atoms with Crippen molar-refractivity contribution in [2.75, 3.05) is 18.0 Å². The number of carbonyl (C=O) groups is 1. The van der Waals surface area contributed by atoms with Crippen LogP contribution in [0.3, 0.4) is 0 Å². The third-order valence-electron chi connectivity index (χ3n) is 6.42. The van der Waals surface area contributed by atoms with E-state index in [0.29, 0.717) is 23.9 Å². The Labute approximate surface area is 149 Å². The maximum absolute atomic E-state index is 12.8. The van der Waals surface area contributed by atoms with Crippen LogP contribution >= 0.6 is 0 Å². The molecule has 25 heavy (non-hydrogen) atoms. The van der Waals surface area contributed by atoms with Crippen molar-refractivity contribution >= 4 is 11.7 Å². The van der Waals surface area contributed by atoms with Crippen molar-refractivity contribution in [3.05, 3.63) is 18.6 Å². The first-order chi connectivity index (χ1) is 12.2. The van der Waals surface area contributed by atoms with E-state index in [1.165, 1.54) is 19.3 Å². The molecule has 6 nitrogen and oxygen atoms in total. The molecule has 2 aliphatic carbocycles. The van der Waals surface area contributed by atoms with Gasteiger partial charge in [-0.15, -0.1) is 0 Å². The third-order valence-corrected chi connectivity index (χ3v) is 6.42. The first-order valence-corrected chi connectivity index (χ1v) is 9.77. The lowest BCUT2D eigenvalue weighted by Gasteiger charge is -2.45. The second-order valence-electron chi connectivity index (χ2n) is 8.04. The Hall–Kier alpha value is -1.69. The molecular weight excluding hydrogens is 314 g/mol. The van der Waals surface area contributed by atoms with Gasteiger partial charge in [-0.05, 0) is 50.4 Å². The summed E-state index contributed by atoms with van der Waals surface area (Å²) < 4.78 is 0. The van der Waals surface area contributed by atoms with Gasteiger partial charge in [-0.1, -0.05) is 6.42 Å². The molecule has 1 aromatic heterocycles. The standard InChI is InChI=1S/C19H29N5O/c20-16-10-14-2-1-3-15(11-16)18(14)23-19(25)13-4-8-24(9-5-13)17-12-21-6-7-22-17/h6-7,12-16,18H,1-5,8-11,20H2,(H,23,25). The van der Waals surface area contributed by atoms with Crippen LogP contribution in [-0.4, -0.2) is 41.0 Å². The Balaban J connectivity index is 1.32. The van der Waals surface area contributed by atoms with Crippen LogP contribution in [0.2, 0.25) is 0 Å². The highest BCUT2D eigenvalue weighted by Crippen LogP contribution is 2.40. The molecule has 6 heteroatoms. The smallest absolute Gasteiger partial charge is 0.223 e. The number of amides is 1. The molecule has 1 amide bonds. The van der Waals surface area contributed by atoms with Crippen molar-refractivity contribution in [3.63, 3.8) is 0 Å². The average Bonchev–Trinajstić information content (AvgIpc) is 2.63. The molecule has 3 N–H and O–H groups in total. The van der Waals surface area contributed by atoms with Crippen molar-refractivity contribution in [2.45, 2.75) is 57.0 Å². The molecule has 2 unspecified atom stereocenters. The number of nitrogens with one attached hydrogen (secondary N) is 1. The summed E-state index contributed by atoms with van der Waals surface area (Å²) in [4.78, 5) is 23.6. The molecule has 4 rings (SSSR count). The Morgan fingerprint density at radius 2 is 1.84 bits per heavy atom. The van der Waals surface area contributed by atoms with Gasteiger partial charge in [-0.3, -0.25) is 9.78 Å². The number of hydrogen-bond acceptors (Lipinski definition) is 5. The van der Waals surface area contributed by atoms with Gasteiger partial charge in [0.2, 0.25) is 5.91 Å². The van der Waals surface area contributed by atoms with E-state index >= 15 is 0 Å². The van der Waals surface area contributed by atoms with Gasteiger partial charge in [-0.25, -0.2) is 4.98 Å². The highest BCUT2D eigenvalue weighted by atomic mass is 16.2. The quantitative estimate of drug-likeness (QED) is 0.873. The van der Waals surface area contributed by atoms with Gasteiger partial charge >= 0.3 is 0 Å². The summed E-state index contributed by atoms with van der Waals surface area (Å²) in [5.74, 6) is 2.48. The maximum Gasteiger partial charge on any atom is 0.223 e. The van der Waals surface area contributed by atoms with Crippen LogP contribution in [0.25, 0.3) is 0 Å². The lowest BCUT2D eigenvalue weighted by atomic mass is 9.67. The molecule has 2 atom stereocenters. The number of rotatable bonds is 3. The zero-order valence-electron chi connectivity index (χ0n) is 14.8. The first-order valence-electron chi connectivity index (χ1n) is 9.77. The molecule has 1 aromatic rings. The minimum Gasteiger partial charge on any atom is -0.355 e. The maximum atomic E-state index is 12.8. The fraction of sp³-hybridized carbons (Fsp3) is 0.737. The fourth-order valence-corrected chi connectivity index (χ4v) is 5.13. The lowest BCUT2D eigenvalue weighted by Crippen LogP contribution is -2.55. The Morgan fingerprint density at radius 1 is 1.12 bits per heavy atom. The minimum atomic E-state index is 0.129. The molecule has 2 bridgehead atoms. The van der Waals surface area contributed by atoms with Crippen LogP contribution in [0.15, 0.2) is 18.6 Å². The molecule has 0 aromatic carbocycles. The summed E-state index contributed by atoms with van der Waals surface area (Å²) in [6.07, 6.45) is 12.9. The number of carbonyl (C=O) groups excluding carboxylic acids is 1. The van der Waals surface area contributed by atoms with Gasteiger partial charge in [0.25, 0.3) is 0 Å². The first kappa shape index (κ1) is 16.8. The van der Waals surface area contributed by atoms with Gasteiger partial charge < -0.3 is 16.0 Å². The summed E-state index contributed by atoms with van der Waals surface area (Å²) in [5, 5.41) is 3.42. The van der Waals surface area contributed by atoms with Crippen molar-refractivity contribution < 1.29 is 4.79 Å². The van der Waals surface area contributed by atoms with Crippen molar-refractivity contribution in [3.8, 4) is 0 Å². The van der Waals surface area contributed by atoms with E-state index in [2.05, 4.69) is 20.2 Å². The fourth-order valence-electron chi connectivity index (χ4n) is 5.13. The van der Waals surface area contributed by atoms with E-state index < -0.39 is 0 Å². The number of nitrogens with two attached hydrogens (primary N) is 1. The van der Waals surface area contributed by atoms with Crippen LogP contribution in [0, 0.1) is 17.8 Å². The minimum absolute atomic E-state index is 0.129. The molecule has 1 saturated heterocycles. The van der Waals surface area contributed by atoms with E-state index in [1.54, 1.807) is 18.6 Å². The molecule has 0 spiro atoms. The molecule has 3 aliphatic rings. The van der Waals surface area contributed by atoms with E-state index in [9.17, 15) is 4.79 Å².